The number of nitrogen functional groups attached to an aromatic ring is 1. The second kappa shape index (κ2) is 6.15. The van der Waals surface area contributed by atoms with Crippen LogP contribution in [0.25, 0.3) is 0 Å². The van der Waals surface area contributed by atoms with Crippen molar-refractivity contribution < 1.29 is 14.7 Å². The molecule has 0 radical (unpaired) electrons. The van der Waals surface area contributed by atoms with Crippen LogP contribution >= 0.6 is 27.5 Å². The maximum absolute atomic E-state index is 12.1. The Morgan fingerprint density at radius 3 is 2.52 bits per heavy atom. The number of hydrogen-bond donors (Lipinski definition) is 3. The summed E-state index contributed by atoms with van der Waals surface area (Å²) in [6.45, 7) is 0. The molecule has 0 aliphatic carbocycles. The number of amides is 1. The predicted molar refractivity (Wildman–Crippen MR) is 84.9 cm³/mol. The Bertz CT molecular complexity index is 734. The van der Waals surface area contributed by atoms with E-state index in [1.54, 1.807) is 12.1 Å². The van der Waals surface area contributed by atoms with Gasteiger partial charge in [0.05, 0.1) is 16.3 Å². The van der Waals surface area contributed by atoms with E-state index in [2.05, 4.69) is 21.2 Å². The fourth-order valence-electron chi connectivity index (χ4n) is 1.68. The first-order valence-corrected chi connectivity index (χ1v) is 6.95. The van der Waals surface area contributed by atoms with Crippen molar-refractivity contribution >= 4 is 50.8 Å². The maximum atomic E-state index is 12.1. The molecule has 0 bridgehead atoms. The number of carboxylic acids is 1. The number of benzene rings is 2. The van der Waals surface area contributed by atoms with Crippen molar-refractivity contribution in [2.45, 2.75) is 0 Å². The molecule has 0 heterocycles. The lowest BCUT2D eigenvalue weighted by molar-refractivity contribution is 0.0698. The summed E-state index contributed by atoms with van der Waals surface area (Å²) in [6, 6.07) is 8.86. The standard InChI is InChI=1S/C14H10BrClN2O3/c15-10-4-1-7(5-11(10)16)13(19)18-12-6-8(17)2-3-9(12)14(20)21/h1-6H,17H2,(H,18,19)(H,20,21). The fourth-order valence-corrected chi connectivity index (χ4v) is 2.11. The lowest BCUT2D eigenvalue weighted by Crippen LogP contribution is -2.15. The van der Waals surface area contributed by atoms with Gasteiger partial charge in [0.2, 0.25) is 0 Å². The van der Waals surface area contributed by atoms with E-state index >= 15 is 0 Å². The first-order valence-electron chi connectivity index (χ1n) is 5.77. The van der Waals surface area contributed by atoms with Gasteiger partial charge in [-0.15, -0.1) is 0 Å². The third-order valence-corrected chi connectivity index (χ3v) is 3.94. The smallest absolute Gasteiger partial charge is 0.337 e. The number of carboxylic acid groups (broad SMARTS) is 1. The van der Waals surface area contributed by atoms with Crippen LogP contribution in [0.5, 0.6) is 0 Å². The summed E-state index contributed by atoms with van der Waals surface area (Å²) in [4.78, 5) is 23.3. The first-order chi connectivity index (χ1) is 9.88. The molecule has 0 spiro atoms. The second-order valence-corrected chi connectivity index (χ2v) is 5.45. The monoisotopic (exact) mass is 368 g/mol. The highest BCUT2D eigenvalue weighted by Gasteiger charge is 2.14. The minimum Gasteiger partial charge on any atom is -0.478 e. The van der Waals surface area contributed by atoms with E-state index in [1.165, 1.54) is 24.3 Å². The predicted octanol–water partition coefficient (Wildman–Crippen LogP) is 3.64. The highest BCUT2D eigenvalue weighted by Crippen LogP contribution is 2.25. The molecule has 0 fully saturated rings. The van der Waals surface area contributed by atoms with Gasteiger partial charge in [0.15, 0.2) is 0 Å². The summed E-state index contributed by atoms with van der Waals surface area (Å²) in [6.07, 6.45) is 0. The Kier molecular flexibility index (Phi) is 4.50. The number of carbonyl (C=O) groups excluding carboxylic acids is 1. The van der Waals surface area contributed by atoms with E-state index in [4.69, 9.17) is 22.4 Å². The van der Waals surface area contributed by atoms with Gasteiger partial charge < -0.3 is 16.2 Å². The van der Waals surface area contributed by atoms with Crippen molar-refractivity contribution in [3.8, 4) is 0 Å². The van der Waals surface area contributed by atoms with Crippen molar-refractivity contribution in [1.82, 2.24) is 0 Å². The van der Waals surface area contributed by atoms with Crippen molar-refractivity contribution in [3.63, 3.8) is 0 Å². The quantitative estimate of drug-likeness (QED) is 0.720. The van der Waals surface area contributed by atoms with E-state index in [0.717, 1.165) is 0 Å². The number of carbonyl (C=O) groups is 2. The highest BCUT2D eigenvalue weighted by molar-refractivity contribution is 9.10. The van der Waals surface area contributed by atoms with Gasteiger partial charge in [0, 0.05) is 15.7 Å². The van der Waals surface area contributed by atoms with Crippen molar-refractivity contribution in [3.05, 3.63) is 57.0 Å². The van der Waals surface area contributed by atoms with Gasteiger partial charge in [-0.3, -0.25) is 4.79 Å². The summed E-state index contributed by atoms with van der Waals surface area (Å²) in [5, 5.41) is 12.0. The van der Waals surface area contributed by atoms with E-state index in [0.29, 0.717) is 20.7 Å². The van der Waals surface area contributed by atoms with Crippen LogP contribution in [0, 0.1) is 0 Å². The topological polar surface area (TPSA) is 92.4 Å². The fraction of sp³-hybridized carbons (Fsp3) is 0. The van der Waals surface area contributed by atoms with Gasteiger partial charge in [0.1, 0.15) is 0 Å². The lowest BCUT2D eigenvalue weighted by atomic mass is 10.1. The molecule has 0 aliphatic heterocycles. The summed E-state index contributed by atoms with van der Waals surface area (Å²) >= 11 is 9.15. The molecule has 0 unspecified atom stereocenters. The molecule has 2 aromatic carbocycles. The molecular weight excluding hydrogens is 360 g/mol. The zero-order valence-electron chi connectivity index (χ0n) is 10.6. The molecule has 7 heteroatoms. The maximum Gasteiger partial charge on any atom is 0.337 e. The molecule has 2 rings (SSSR count). The number of rotatable bonds is 3. The molecule has 1 amide bonds. The molecular formula is C14H10BrClN2O3. The number of nitrogens with one attached hydrogen (secondary N) is 1. The molecule has 108 valence electrons. The second-order valence-electron chi connectivity index (χ2n) is 4.19. The zero-order chi connectivity index (χ0) is 15.6. The number of halogens is 2. The van der Waals surface area contributed by atoms with Gasteiger partial charge in [-0.2, -0.15) is 0 Å². The van der Waals surface area contributed by atoms with Crippen LogP contribution in [0.3, 0.4) is 0 Å². The van der Waals surface area contributed by atoms with E-state index < -0.39 is 11.9 Å². The van der Waals surface area contributed by atoms with Crippen LogP contribution < -0.4 is 11.1 Å². The number of nitrogens with two attached hydrogens (primary N) is 1. The largest absolute Gasteiger partial charge is 0.478 e. The van der Waals surface area contributed by atoms with Gasteiger partial charge in [0.25, 0.3) is 5.91 Å². The molecule has 5 nitrogen and oxygen atoms in total. The van der Waals surface area contributed by atoms with Gasteiger partial charge in [-0.25, -0.2) is 4.79 Å². The zero-order valence-corrected chi connectivity index (χ0v) is 12.9. The average Bonchev–Trinajstić information content (AvgIpc) is 2.41. The summed E-state index contributed by atoms with van der Waals surface area (Å²) in [7, 11) is 0. The molecule has 4 N–H and O–H groups in total. The van der Waals surface area contributed by atoms with Crippen LogP contribution in [-0.4, -0.2) is 17.0 Å². The number of anilines is 2. The van der Waals surface area contributed by atoms with Crippen LogP contribution in [0.2, 0.25) is 5.02 Å². The average molecular weight is 370 g/mol. The first kappa shape index (κ1) is 15.3. The Balaban J connectivity index is 2.33. The summed E-state index contributed by atoms with van der Waals surface area (Å²) in [5.74, 6) is -1.63. The van der Waals surface area contributed by atoms with E-state index in [-0.39, 0.29) is 11.3 Å². The van der Waals surface area contributed by atoms with Crippen LogP contribution in [0.4, 0.5) is 11.4 Å². The molecule has 0 aliphatic rings. The van der Waals surface area contributed by atoms with Crippen LogP contribution in [0.1, 0.15) is 20.7 Å². The summed E-state index contributed by atoms with van der Waals surface area (Å²) in [5.41, 5.74) is 6.36. The van der Waals surface area contributed by atoms with Gasteiger partial charge in [-0.1, -0.05) is 11.6 Å². The minimum absolute atomic E-state index is 0.0410. The Morgan fingerprint density at radius 2 is 1.90 bits per heavy atom. The van der Waals surface area contributed by atoms with Gasteiger partial charge in [-0.05, 0) is 52.3 Å². The molecule has 0 saturated carbocycles. The highest BCUT2D eigenvalue weighted by atomic mass is 79.9. The number of aromatic carboxylic acids is 1. The molecule has 0 aromatic heterocycles. The van der Waals surface area contributed by atoms with Crippen LogP contribution in [0.15, 0.2) is 40.9 Å². The van der Waals surface area contributed by atoms with Crippen molar-refractivity contribution in [2.24, 2.45) is 0 Å². The van der Waals surface area contributed by atoms with E-state index in [9.17, 15) is 9.59 Å². The van der Waals surface area contributed by atoms with E-state index in [1.807, 2.05) is 0 Å². The molecule has 2 aromatic rings. The third kappa shape index (κ3) is 3.53. The molecule has 0 saturated heterocycles. The minimum atomic E-state index is -1.15. The number of hydrogen-bond acceptors (Lipinski definition) is 3. The van der Waals surface area contributed by atoms with Crippen molar-refractivity contribution in [2.75, 3.05) is 11.1 Å². The van der Waals surface area contributed by atoms with Crippen LogP contribution in [-0.2, 0) is 0 Å². The Hall–Kier alpha value is -2.05. The molecule has 0 atom stereocenters. The normalized spacial score (nSPS) is 10.2. The third-order valence-electron chi connectivity index (χ3n) is 2.70. The van der Waals surface area contributed by atoms with Crippen molar-refractivity contribution in [1.29, 1.82) is 0 Å². The van der Waals surface area contributed by atoms with Gasteiger partial charge >= 0.3 is 5.97 Å². The molecule has 21 heavy (non-hydrogen) atoms. The Morgan fingerprint density at radius 1 is 1.19 bits per heavy atom. The lowest BCUT2D eigenvalue weighted by Gasteiger charge is -2.10. The SMILES string of the molecule is Nc1ccc(C(=O)O)c(NC(=O)c2ccc(Br)c(Cl)c2)c1. The summed E-state index contributed by atoms with van der Waals surface area (Å²) < 4.78 is 0.663. The Labute approximate surface area is 133 Å².